The van der Waals surface area contributed by atoms with E-state index in [-0.39, 0.29) is 18.4 Å². The quantitative estimate of drug-likeness (QED) is 0.679. The zero-order valence-electron chi connectivity index (χ0n) is 14.4. The molecule has 0 aliphatic heterocycles. The molecule has 0 bridgehead atoms. The minimum absolute atomic E-state index is 0.113. The molecule has 1 amide bonds. The van der Waals surface area contributed by atoms with Crippen LogP contribution in [0.5, 0.6) is 0 Å². The molecule has 1 fully saturated rings. The van der Waals surface area contributed by atoms with Gasteiger partial charge >= 0.3 is 0 Å². The van der Waals surface area contributed by atoms with E-state index in [1.165, 1.54) is 12.8 Å². The van der Waals surface area contributed by atoms with Crippen molar-refractivity contribution in [2.75, 3.05) is 0 Å². The summed E-state index contributed by atoms with van der Waals surface area (Å²) in [5, 5.41) is 5.05. The molecule has 1 aliphatic carbocycles. The topological polar surface area (TPSA) is 46.3 Å². The van der Waals surface area contributed by atoms with Crippen molar-refractivity contribution in [3.8, 4) is 0 Å². The van der Waals surface area contributed by atoms with Gasteiger partial charge in [-0.05, 0) is 43.4 Å². The Kier molecular flexibility index (Phi) is 4.26. The number of benzene rings is 2. The molecule has 1 unspecified atom stereocenters. The van der Waals surface area contributed by atoms with Crippen molar-refractivity contribution in [1.82, 2.24) is 10.1 Å². The molecule has 4 rings (SSSR count). The SMILES string of the molecule is CC(C1CC1)N(Cc1ccccc1)C(=O)Cc1noc2ccccc12. The van der Waals surface area contributed by atoms with Crippen LogP contribution < -0.4 is 0 Å². The Morgan fingerprint density at radius 3 is 2.64 bits per heavy atom. The van der Waals surface area contributed by atoms with Gasteiger partial charge in [-0.2, -0.15) is 0 Å². The Bertz CT molecular complexity index is 868. The van der Waals surface area contributed by atoms with Crippen molar-refractivity contribution in [1.29, 1.82) is 0 Å². The first kappa shape index (κ1) is 15.9. The fraction of sp³-hybridized carbons (Fsp3) is 0.333. The molecule has 2 aromatic carbocycles. The lowest BCUT2D eigenvalue weighted by atomic mass is 10.1. The number of hydrogen-bond acceptors (Lipinski definition) is 3. The number of hydrogen-bond donors (Lipinski definition) is 0. The normalized spacial score (nSPS) is 15.2. The molecule has 0 N–H and O–H groups in total. The van der Waals surface area contributed by atoms with E-state index in [0.29, 0.717) is 12.5 Å². The van der Waals surface area contributed by atoms with Crippen LogP contribution in [0.2, 0.25) is 0 Å². The molecule has 3 aromatic rings. The number of carbonyl (C=O) groups is 1. The first-order chi connectivity index (χ1) is 12.2. The summed E-state index contributed by atoms with van der Waals surface area (Å²) in [5.41, 5.74) is 2.62. The number of amides is 1. The molecular formula is C21H22N2O2. The van der Waals surface area contributed by atoms with Crippen LogP contribution in [0.15, 0.2) is 59.1 Å². The summed E-state index contributed by atoms with van der Waals surface area (Å²) in [4.78, 5) is 15.1. The highest BCUT2D eigenvalue weighted by atomic mass is 16.5. The van der Waals surface area contributed by atoms with Crippen molar-refractivity contribution < 1.29 is 9.32 Å². The van der Waals surface area contributed by atoms with Crippen molar-refractivity contribution in [3.05, 3.63) is 65.9 Å². The van der Waals surface area contributed by atoms with Gasteiger partial charge in [-0.1, -0.05) is 47.6 Å². The summed E-state index contributed by atoms with van der Waals surface area (Å²) >= 11 is 0. The number of nitrogens with zero attached hydrogens (tertiary/aromatic N) is 2. The Labute approximate surface area is 147 Å². The van der Waals surface area contributed by atoms with E-state index in [1.807, 2.05) is 47.4 Å². The van der Waals surface area contributed by atoms with Gasteiger partial charge in [0.05, 0.1) is 6.42 Å². The van der Waals surface area contributed by atoms with Crippen LogP contribution in [0.1, 0.15) is 31.0 Å². The number of carbonyl (C=O) groups excluding carboxylic acids is 1. The second-order valence-electron chi connectivity index (χ2n) is 6.89. The van der Waals surface area contributed by atoms with E-state index in [4.69, 9.17) is 4.52 Å². The van der Waals surface area contributed by atoms with Gasteiger partial charge in [-0.15, -0.1) is 0 Å². The summed E-state index contributed by atoms with van der Waals surface area (Å²) in [6.07, 6.45) is 2.71. The van der Waals surface area contributed by atoms with E-state index in [9.17, 15) is 4.79 Å². The summed E-state index contributed by atoms with van der Waals surface area (Å²) in [6, 6.07) is 18.1. The highest BCUT2D eigenvalue weighted by Gasteiger charge is 2.34. The number of rotatable bonds is 6. The van der Waals surface area contributed by atoms with Crippen molar-refractivity contribution in [2.45, 2.75) is 38.8 Å². The lowest BCUT2D eigenvalue weighted by molar-refractivity contribution is -0.133. The molecule has 4 heteroatoms. The van der Waals surface area contributed by atoms with E-state index in [0.717, 1.165) is 22.2 Å². The zero-order chi connectivity index (χ0) is 17.2. The molecule has 1 saturated carbocycles. The minimum atomic E-state index is 0.113. The van der Waals surface area contributed by atoms with Crippen LogP contribution in [0.25, 0.3) is 11.0 Å². The molecule has 1 heterocycles. The van der Waals surface area contributed by atoms with E-state index < -0.39 is 0 Å². The third kappa shape index (κ3) is 3.43. The Balaban J connectivity index is 1.56. The second-order valence-corrected chi connectivity index (χ2v) is 6.89. The third-order valence-electron chi connectivity index (χ3n) is 5.08. The van der Waals surface area contributed by atoms with Gasteiger partial charge in [0.1, 0.15) is 5.69 Å². The zero-order valence-corrected chi connectivity index (χ0v) is 14.4. The molecular weight excluding hydrogens is 312 g/mol. The van der Waals surface area contributed by atoms with Gasteiger partial charge in [-0.3, -0.25) is 4.79 Å². The van der Waals surface area contributed by atoms with E-state index >= 15 is 0 Å². The van der Waals surface area contributed by atoms with Crippen LogP contribution in [-0.4, -0.2) is 22.0 Å². The second kappa shape index (κ2) is 6.71. The summed E-state index contributed by atoms with van der Waals surface area (Å²) in [7, 11) is 0. The minimum Gasteiger partial charge on any atom is -0.356 e. The van der Waals surface area contributed by atoms with Crippen LogP contribution in [-0.2, 0) is 17.8 Å². The molecule has 0 saturated heterocycles. The average Bonchev–Trinajstić information content (AvgIpc) is 3.42. The first-order valence-electron chi connectivity index (χ1n) is 8.89. The maximum absolute atomic E-state index is 13.1. The van der Waals surface area contributed by atoms with Crippen molar-refractivity contribution in [2.24, 2.45) is 5.92 Å². The molecule has 0 spiro atoms. The maximum atomic E-state index is 13.1. The van der Waals surface area contributed by atoms with Gasteiger partial charge in [0, 0.05) is 18.0 Å². The van der Waals surface area contributed by atoms with E-state index in [2.05, 4.69) is 24.2 Å². The smallest absolute Gasteiger partial charge is 0.229 e. The van der Waals surface area contributed by atoms with Crippen molar-refractivity contribution in [3.63, 3.8) is 0 Å². The van der Waals surface area contributed by atoms with Crippen LogP contribution in [0, 0.1) is 5.92 Å². The largest absolute Gasteiger partial charge is 0.356 e. The van der Waals surface area contributed by atoms with Crippen LogP contribution in [0.3, 0.4) is 0 Å². The maximum Gasteiger partial charge on any atom is 0.229 e. The van der Waals surface area contributed by atoms with E-state index in [1.54, 1.807) is 0 Å². The predicted octanol–water partition coefficient (Wildman–Crippen LogP) is 4.20. The summed E-state index contributed by atoms with van der Waals surface area (Å²) < 4.78 is 5.35. The molecule has 128 valence electrons. The molecule has 1 atom stereocenters. The van der Waals surface area contributed by atoms with Crippen LogP contribution in [0.4, 0.5) is 0 Å². The number of para-hydroxylation sites is 1. The molecule has 1 aromatic heterocycles. The van der Waals surface area contributed by atoms with Gasteiger partial charge in [-0.25, -0.2) is 0 Å². The monoisotopic (exact) mass is 334 g/mol. The van der Waals surface area contributed by atoms with Crippen LogP contribution >= 0.6 is 0 Å². The highest BCUT2D eigenvalue weighted by Crippen LogP contribution is 2.36. The lowest BCUT2D eigenvalue weighted by Gasteiger charge is -2.29. The van der Waals surface area contributed by atoms with Gasteiger partial charge < -0.3 is 9.42 Å². The fourth-order valence-corrected chi connectivity index (χ4v) is 3.38. The van der Waals surface area contributed by atoms with Gasteiger partial charge in [0.25, 0.3) is 0 Å². The summed E-state index contributed by atoms with van der Waals surface area (Å²) in [6.45, 7) is 2.81. The average molecular weight is 334 g/mol. The van der Waals surface area contributed by atoms with Gasteiger partial charge in [0.2, 0.25) is 5.91 Å². The Hall–Kier alpha value is -2.62. The van der Waals surface area contributed by atoms with Crippen molar-refractivity contribution >= 4 is 16.9 Å². The molecule has 0 radical (unpaired) electrons. The highest BCUT2D eigenvalue weighted by molar-refractivity contribution is 5.86. The predicted molar refractivity (Wildman–Crippen MR) is 96.9 cm³/mol. The van der Waals surface area contributed by atoms with Gasteiger partial charge in [0.15, 0.2) is 5.58 Å². The molecule has 25 heavy (non-hydrogen) atoms. The summed E-state index contributed by atoms with van der Waals surface area (Å²) in [5.74, 6) is 0.740. The standard InChI is InChI=1S/C21H22N2O2/c1-15(17-11-12-17)23(14-16-7-3-2-4-8-16)21(24)13-19-18-9-5-6-10-20(18)25-22-19/h2-10,15,17H,11-14H2,1H3. The molecule has 4 nitrogen and oxygen atoms in total. The number of fused-ring (bicyclic) bond motifs is 1. The fourth-order valence-electron chi connectivity index (χ4n) is 3.38. The Morgan fingerprint density at radius 1 is 1.16 bits per heavy atom. The lowest BCUT2D eigenvalue weighted by Crippen LogP contribution is -2.40. The Morgan fingerprint density at radius 2 is 1.88 bits per heavy atom. The molecule has 1 aliphatic rings. The number of aromatic nitrogens is 1. The third-order valence-corrected chi connectivity index (χ3v) is 5.08. The first-order valence-corrected chi connectivity index (χ1v) is 8.89.